The minimum absolute atomic E-state index is 0.0472. The Hall–Kier alpha value is -6.03. The van der Waals surface area contributed by atoms with E-state index in [2.05, 4.69) is 37.6 Å². The Balaban J connectivity index is 0.000000546. The molecule has 1 saturated heterocycles. The van der Waals surface area contributed by atoms with E-state index in [1.165, 1.54) is 47.3 Å². The van der Waals surface area contributed by atoms with Crippen LogP contribution in [0.2, 0.25) is 0 Å². The number of carbonyl (C=O) groups excluding carboxylic acids is 2. The van der Waals surface area contributed by atoms with Crippen LogP contribution in [0.15, 0.2) is 101 Å². The third kappa shape index (κ3) is 10.1. The number of nitrogens with zero attached hydrogens (tertiary/aromatic N) is 7. The predicted molar refractivity (Wildman–Crippen MR) is 219 cm³/mol. The first-order valence-electron chi connectivity index (χ1n) is 19.8. The van der Waals surface area contributed by atoms with Crippen molar-refractivity contribution < 1.29 is 40.2 Å². The fraction of sp³-hybridized carbons (Fsp3) is 0.372. The maximum atomic E-state index is 14.1. The number of likely N-dealkylation sites (tertiary alicyclic amines) is 1. The second-order valence-electron chi connectivity index (χ2n) is 16.2. The monoisotopic (exact) mass is 860 g/mol. The molecular formula is C43H47F3N8O6S. The van der Waals surface area contributed by atoms with Gasteiger partial charge in [0.15, 0.2) is 0 Å². The van der Waals surface area contributed by atoms with Crippen molar-refractivity contribution in [2.24, 2.45) is 5.92 Å². The van der Waals surface area contributed by atoms with Gasteiger partial charge in [0.2, 0.25) is 5.91 Å². The number of hydrogen-bond acceptors (Lipinski definition) is 8. The van der Waals surface area contributed by atoms with Gasteiger partial charge in [0, 0.05) is 37.9 Å². The summed E-state index contributed by atoms with van der Waals surface area (Å²) in [6.45, 7) is 3.04. The van der Waals surface area contributed by atoms with Crippen LogP contribution in [0.4, 0.5) is 18.0 Å². The molecule has 0 spiro atoms. The Labute approximate surface area is 351 Å². The molecule has 2 amide bonds. The quantitative estimate of drug-likeness (QED) is 0.151. The summed E-state index contributed by atoms with van der Waals surface area (Å²) in [5.74, 6) is 0.0196. The number of amides is 2. The number of rotatable bonds is 7. The van der Waals surface area contributed by atoms with E-state index in [-0.39, 0.29) is 39.8 Å². The summed E-state index contributed by atoms with van der Waals surface area (Å²) in [5.41, 5.74) is -0.121. The van der Waals surface area contributed by atoms with Gasteiger partial charge < -0.3 is 19.3 Å². The van der Waals surface area contributed by atoms with Crippen molar-refractivity contribution in [3.05, 3.63) is 118 Å². The van der Waals surface area contributed by atoms with Crippen molar-refractivity contribution >= 4 is 22.1 Å². The number of alkyl halides is 3. The van der Waals surface area contributed by atoms with Crippen LogP contribution >= 0.6 is 0 Å². The molecule has 1 saturated carbocycles. The molecule has 7 rings (SSSR count). The topological polar surface area (TPSA) is 175 Å². The highest BCUT2D eigenvalue weighted by Crippen LogP contribution is 2.33. The van der Waals surface area contributed by atoms with E-state index in [9.17, 15) is 45.8 Å². The highest BCUT2D eigenvalue weighted by atomic mass is 32.2. The van der Waals surface area contributed by atoms with Crippen molar-refractivity contribution in [1.82, 2.24) is 29.1 Å². The summed E-state index contributed by atoms with van der Waals surface area (Å²) in [6.07, 6.45) is 1.03. The van der Waals surface area contributed by atoms with Gasteiger partial charge in [-0.05, 0) is 93.3 Å². The lowest BCUT2D eigenvalue weighted by Gasteiger charge is -2.41. The van der Waals surface area contributed by atoms with Crippen molar-refractivity contribution in [3.63, 3.8) is 0 Å². The largest absolute Gasteiger partial charge is 0.744 e. The maximum Gasteiger partial charge on any atom is 0.416 e. The molecule has 61 heavy (non-hydrogen) atoms. The summed E-state index contributed by atoms with van der Waals surface area (Å²) in [7, 11) is 2.29. The van der Waals surface area contributed by atoms with Crippen molar-refractivity contribution in [3.8, 4) is 28.8 Å². The molecule has 18 heteroatoms. The second-order valence-corrected chi connectivity index (χ2v) is 17.5. The van der Waals surface area contributed by atoms with E-state index in [0.29, 0.717) is 48.7 Å². The van der Waals surface area contributed by atoms with Crippen molar-refractivity contribution in [2.45, 2.75) is 68.6 Å². The van der Waals surface area contributed by atoms with E-state index in [0.717, 1.165) is 51.7 Å². The Morgan fingerprint density at radius 2 is 1.52 bits per heavy atom. The smallest absolute Gasteiger partial charge is 0.416 e. The second kappa shape index (κ2) is 17.9. The van der Waals surface area contributed by atoms with Crippen LogP contribution in [-0.4, -0.2) is 99.5 Å². The van der Waals surface area contributed by atoms with Crippen LogP contribution < -0.4 is 11.0 Å². The number of carbonyl (C=O) groups is 2. The number of hydrogen-bond donors (Lipinski definition) is 1. The van der Waals surface area contributed by atoms with Gasteiger partial charge in [-0.15, -0.1) is 0 Å². The van der Waals surface area contributed by atoms with Crippen LogP contribution in [0, 0.1) is 24.2 Å². The molecule has 0 atom stereocenters. The van der Waals surface area contributed by atoms with Gasteiger partial charge in [0.1, 0.15) is 15.8 Å². The number of halogens is 3. The summed E-state index contributed by atoms with van der Waals surface area (Å²) in [5, 5.41) is 16.6. The fourth-order valence-corrected chi connectivity index (χ4v) is 8.51. The van der Waals surface area contributed by atoms with Crippen LogP contribution in [0.3, 0.4) is 0 Å². The standard InChI is InChI=1S/C37H41F3N8O3.C6H6O3S/c1-24-33(32-16-19-42-47(32)29-14-8-25(23-41)9-15-29)46(36(51)45(24)30-7-5-6-27(22-30)37(38,39)40)35(50)43-28-12-10-26(11-13-28)34(49)44-20-17-31(18-21-44)48(2,3)4;7-10(8,9)6-4-2-1-3-5-6/h5-9,14-16,19,22,26,28,31H,10-13,17-18,20-21H2,1-4H3;1-5H,(H,7,8,9). The van der Waals surface area contributed by atoms with Gasteiger partial charge in [0.25, 0.3) is 0 Å². The number of quaternary nitrogens is 1. The normalized spacial score (nSPS) is 17.5. The summed E-state index contributed by atoms with van der Waals surface area (Å²) < 4.78 is 76.4. The Kier molecular flexibility index (Phi) is 13.1. The zero-order valence-electron chi connectivity index (χ0n) is 34.2. The fourth-order valence-electron chi connectivity index (χ4n) is 8.02. The molecule has 5 aromatic rings. The third-order valence-corrected chi connectivity index (χ3v) is 12.2. The average Bonchev–Trinajstić information content (AvgIpc) is 3.82. The SMILES string of the molecule is Cc1c(-c2ccnn2-c2ccc(C#N)cc2)n(C(=O)NC2CCC(C(=O)N3CCC([N+](C)(C)C)CC3)CC2)c(=O)n1-c1cccc(C(F)(F)F)c1.O=S(=O)([O-])c1ccccc1. The van der Waals surface area contributed by atoms with Crippen LogP contribution in [0.1, 0.15) is 55.3 Å². The molecule has 1 N–H and O–H groups in total. The highest BCUT2D eigenvalue weighted by molar-refractivity contribution is 7.85. The molecular weight excluding hydrogens is 814 g/mol. The third-order valence-electron chi connectivity index (χ3n) is 11.4. The molecule has 2 aromatic heterocycles. The van der Waals surface area contributed by atoms with E-state index in [4.69, 9.17) is 0 Å². The van der Waals surface area contributed by atoms with E-state index >= 15 is 0 Å². The molecule has 2 aliphatic rings. The zero-order valence-corrected chi connectivity index (χ0v) is 35.0. The lowest BCUT2D eigenvalue weighted by atomic mass is 9.84. The van der Waals surface area contributed by atoms with Gasteiger partial charge >= 0.3 is 17.9 Å². The molecule has 1 aliphatic carbocycles. The Morgan fingerprint density at radius 3 is 2.08 bits per heavy atom. The number of piperidine rings is 1. The molecule has 322 valence electrons. The van der Waals surface area contributed by atoms with Crippen LogP contribution in [-0.2, 0) is 21.1 Å². The van der Waals surface area contributed by atoms with E-state index < -0.39 is 33.6 Å². The van der Waals surface area contributed by atoms with Crippen molar-refractivity contribution in [2.75, 3.05) is 34.2 Å². The summed E-state index contributed by atoms with van der Waals surface area (Å²) in [6, 6.07) is 21.3. The molecule has 0 unspecified atom stereocenters. The average molecular weight is 861 g/mol. The first kappa shape index (κ1) is 44.5. The van der Waals surface area contributed by atoms with Gasteiger partial charge in [-0.25, -0.2) is 27.3 Å². The molecule has 3 aromatic carbocycles. The summed E-state index contributed by atoms with van der Waals surface area (Å²) in [4.78, 5) is 43.4. The predicted octanol–water partition coefficient (Wildman–Crippen LogP) is 6.10. The van der Waals surface area contributed by atoms with E-state index in [1.807, 2.05) is 4.90 Å². The van der Waals surface area contributed by atoms with Crippen LogP contribution in [0.5, 0.6) is 0 Å². The van der Waals surface area contributed by atoms with E-state index in [1.54, 1.807) is 43.3 Å². The van der Waals surface area contributed by atoms with Gasteiger partial charge in [-0.2, -0.15) is 23.5 Å². The van der Waals surface area contributed by atoms with Crippen LogP contribution in [0.25, 0.3) is 22.8 Å². The minimum Gasteiger partial charge on any atom is -0.744 e. The molecule has 0 bridgehead atoms. The Bertz CT molecular complexity index is 2570. The Morgan fingerprint density at radius 1 is 0.885 bits per heavy atom. The molecule has 0 radical (unpaired) electrons. The molecule has 2 fully saturated rings. The molecule has 1 aliphatic heterocycles. The first-order valence-corrected chi connectivity index (χ1v) is 21.2. The minimum atomic E-state index is -4.65. The number of nitrogens with one attached hydrogen (secondary N) is 1. The number of benzene rings is 3. The lowest BCUT2D eigenvalue weighted by Crippen LogP contribution is -2.53. The van der Waals surface area contributed by atoms with Gasteiger partial charge in [-0.1, -0.05) is 24.3 Å². The molecule has 3 heterocycles. The summed E-state index contributed by atoms with van der Waals surface area (Å²) >= 11 is 0. The number of aromatic nitrogens is 4. The van der Waals surface area contributed by atoms with Crippen molar-refractivity contribution in [1.29, 1.82) is 5.26 Å². The van der Waals surface area contributed by atoms with Gasteiger partial charge in [-0.3, -0.25) is 9.36 Å². The maximum absolute atomic E-state index is 14.1. The number of imidazole rings is 1. The first-order chi connectivity index (χ1) is 28.8. The lowest BCUT2D eigenvalue weighted by molar-refractivity contribution is -0.897. The highest BCUT2D eigenvalue weighted by Gasteiger charge is 2.36. The zero-order chi connectivity index (χ0) is 44.3. The molecule has 14 nitrogen and oxygen atoms in total. The number of nitriles is 1. The van der Waals surface area contributed by atoms with Gasteiger partial charge in [0.05, 0.1) is 78.2 Å².